The highest BCUT2D eigenvalue weighted by Crippen LogP contribution is 2.19. The molecule has 0 saturated carbocycles. The highest BCUT2D eigenvalue weighted by Gasteiger charge is 2.03. The lowest BCUT2D eigenvalue weighted by Crippen LogP contribution is -2.24. The molecule has 0 spiro atoms. The molecule has 1 atom stereocenters. The standard InChI is InChI=1S/C15H20N2O/c1-3-16-10-12(2)11-18-14-7-6-13-5-4-8-17-15(13)9-14/h4-9,12,16H,3,10-11H2,1-2H3. The van der Waals surface area contributed by atoms with Crippen molar-refractivity contribution in [2.45, 2.75) is 13.8 Å². The van der Waals surface area contributed by atoms with Gasteiger partial charge in [0.2, 0.25) is 0 Å². The molecule has 3 nitrogen and oxygen atoms in total. The molecule has 18 heavy (non-hydrogen) atoms. The van der Waals surface area contributed by atoms with E-state index in [4.69, 9.17) is 4.74 Å². The third-order valence-corrected chi connectivity index (χ3v) is 2.85. The van der Waals surface area contributed by atoms with Gasteiger partial charge in [-0.1, -0.05) is 19.9 Å². The number of ether oxygens (including phenoxy) is 1. The van der Waals surface area contributed by atoms with Crippen molar-refractivity contribution in [1.82, 2.24) is 10.3 Å². The van der Waals surface area contributed by atoms with Crippen molar-refractivity contribution in [3.05, 3.63) is 36.5 Å². The molecule has 3 heteroatoms. The van der Waals surface area contributed by atoms with Gasteiger partial charge in [0, 0.05) is 30.1 Å². The maximum absolute atomic E-state index is 5.79. The molecule has 2 aromatic rings. The van der Waals surface area contributed by atoms with E-state index in [0.717, 1.165) is 36.3 Å². The molecular formula is C15H20N2O. The maximum atomic E-state index is 5.79. The smallest absolute Gasteiger partial charge is 0.121 e. The van der Waals surface area contributed by atoms with Crippen LogP contribution in [-0.2, 0) is 0 Å². The van der Waals surface area contributed by atoms with Crippen LogP contribution in [0.3, 0.4) is 0 Å². The molecule has 0 aliphatic heterocycles. The maximum Gasteiger partial charge on any atom is 0.121 e. The zero-order valence-corrected chi connectivity index (χ0v) is 11.0. The molecule has 0 aliphatic carbocycles. The molecule has 0 saturated heterocycles. The third kappa shape index (κ3) is 3.44. The van der Waals surface area contributed by atoms with E-state index in [0.29, 0.717) is 5.92 Å². The first kappa shape index (κ1) is 12.8. The molecule has 1 aromatic heterocycles. The number of hydrogen-bond acceptors (Lipinski definition) is 3. The Morgan fingerprint density at radius 1 is 1.33 bits per heavy atom. The summed E-state index contributed by atoms with van der Waals surface area (Å²) in [6, 6.07) is 10.0. The SMILES string of the molecule is CCNCC(C)COc1ccc2cccnc2c1. The zero-order valence-electron chi connectivity index (χ0n) is 11.0. The largest absolute Gasteiger partial charge is 0.493 e. The van der Waals surface area contributed by atoms with Crippen molar-refractivity contribution in [3.8, 4) is 5.75 Å². The summed E-state index contributed by atoms with van der Waals surface area (Å²) in [5.74, 6) is 1.40. The fourth-order valence-electron chi connectivity index (χ4n) is 1.82. The molecular weight excluding hydrogens is 224 g/mol. The number of fused-ring (bicyclic) bond motifs is 1. The lowest BCUT2D eigenvalue weighted by Gasteiger charge is -2.13. The van der Waals surface area contributed by atoms with Gasteiger partial charge in [0.15, 0.2) is 0 Å². The second kappa shape index (κ2) is 6.36. The van der Waals surface area contributed by atoms with E-state index < -0.39 is 0 Å². The lowest BCUT2D eigenvalue weighted by atomic mass is 10.2. The molecule has 0 radical (unpaired) electrons. The van der Waals surface area contributed by atoms with Crippen LogP contribution in [0.2, 0.25) is 0 Å². The molecule has 0 aliphatic rings. The molecule has 1 aromatic carbocycles. The van der Waals surface area contributed by atoms with Crippen LogP contribution in [0.4, 0.5) is 0 Å². The van der Waals surface area contributed by atoms with E-state index in [2.05, 4.69) is 30.2 Å². The first-order valence-corrected chi connectivity index (χ1v) is 6.48. The minimum atomic E-state index is 0.504. The molecule has 96 valence electrons. The third-order valence-electron chi connectivity index (χ3n) is 2.85. The van der Waals surface area contributed by atoms with Gasteiger partial charge in [-0.15, -0.1) is 0 Å². The van der Waals surface area contributed by atoms with Crippen molar-refractivity contribution in [2.24, 2.45) is 5.92 Å². The van der Waals surface area contributed by atoms with Crippen molar-refractivity contribution in [2.75, 3.05) is 19.7 Å². The summed E-state index contributed by atoms with van der Waals surface area (Å²) in [6.45, 7) is 7.02. The van der Waals surface area contributed by atoms with Crippen LogP contribution in [0, 0.1) is 5.92 Å². The van der Waals surface area contributed by atoms with Crippen molar-refractivity contribution < 1.29 is 4.74 Å². The second-order valence-electron chi connectivity index (χ2n) is 4.58. The number of nitrogens with zero attached hydrogens (tertiary/aromatic N) is 1. The fourth-order valence-corrected chi connectivity index (χ4v) is 1.82. The molecule has 2 rings (SSSR count). The van der Waals surface area contributed by atoms with Gasteiger partial charge < -0.3 is 10.1 Å². The number of benzene rings is 1. The number of nitrogens with one attached hydrogen (secondary N) is 1. The summed E-state index contributed by atoms with van der Waals surface area (Å²) >= 11 is 0. The minimum Gasteiger partial charge on any atom is -0.493 e. The van der Waals surface area contributed by atoms with Gasteiger partial charge in [-0.3, -0.25) is 4.98 Å². The van der Waals surface area contributed by atoms with E-state index >= 15 is 0 Å². The zero-order chi connectivity index (χ0) is 12.8. The predicted molar refractivity (Wildman–Crippen MR) is 74.9 cm³/mol. The van der Waals surface area contributed by atoms with Gasteiger partial charge >= 0.3 is 0 Å². The number of pyridine rings is 1. The van der Waals surface area contributed by atoms with E-state index in [1.807, 2.05) is 24.3 Å². The fraction of sp³-hybridized carbons (Fsp3) is 0.400. The Kier molecular flexibility index (Phi) is 4.53. The molecule has 1 N–H and O–H groups in total. The van der Waals surface area contributed by atoms with Crippen molar-refractivity contribution in [3.63, 3.8) is 0 Å². The predicted octanol–water partition coefficient (Wildman–Crippen LogP) is 2.86. The van der Waals surface area contributed by atoms with Crippen LogP contribution < -0.4 is 10.1 Å². The average Bonchev–Trinajstić information content (AvgIpc) is 2.42. The Balaban J connectivity index is 1.95. The monoisotopic (exact) mass is 244 g/mol. The summed E-state index contributed by atoms with van der Waals surface area (Å²) in [5.41, 5.74) is 0.981. The van der Waals surface area contributed by atoms with Crippen LogP contribution in [-0.4, -0.2) is 24.7 Å². The summed E-state index contributed by atoms with van der Waals surface area (Å²) in [5, 5.41) is 4.47. The van der Waals surface area contributed by atoms with Crippen LogP contribution in [0.5, 0.6) is 5.75 Å². The summed E-state index contributed by atoms with van der Waals surface area (Å²) < 4.78 is 5.79. The van der Waals surface area contributed by atoms with Crippen molar-refractivity contribution >= 4 is 10.9 Å². The molecule has 0 amide bonds. The van der Waals surface area contributed by atoms with Crippen LogP contribution in [0.15, 0.2) is 36.5 Å². The van der Waals surface area contributed by atoms with Crippen LogP contribution >= 0.6 is 0 Å². The Morgan fingerprint density at radius 3 is 3.06 bits per heavy atom. The Hall–Kier alpha value is -1.61. The number of rotatable bonds is 6. The Morgan fingerprint density at radius 2 is 2.22 bits per heavy atom. The molecule has 1 heterocycles. The normalized spacial score (nSPS) is 12.6. The topological polar surface area (TPSA) is 34.1 Å². The number of hydrogen-bond donors (Lipinski definition) is 1. The van der Waals surface area contributed by atoms with E-state index in [-0.39, 0.29) is 0 Å². The van der Waals surface area contributed by atoms with E-state index in [1.165, 1.54) is 0 Å². The first-order chi connectivity index (χ1) is 8.79. The van der Waals surface area contributed by atoms with Gasteiger partial charge in [-0.25, -0.2) is 0 Å². The van der Waals surface area contributed by atoms with Crippen molar-refractivity contribution in [1.29, 1.82) is 0 Å². The quantitative estimate of drug-likeness (QED) is 0.848. The molecule has 1 unspecified atom stereocenters. The first-order valence-electron chi connectivity index (χ1n) is 6.48. The summed E-state index contributed by atoms with van der Waals surface area (Å²) in [7, 11) is 0. The van der Waals surface area contributed by atoms with Gasteiger partial charge in [-0.05, 0) is 24.7 Å². The Labute approximate surface area is 108 Å². The second-order valence-corrected chi connectivity index (χ2v) is 4.58. The molecule has 0 bridgehead atoms. The number of aromatic nitrogens is 1. The average molecular weight is 244 g/mol. The Bertz CT molecular complexity index is 499. The van der Waals surface area contributed by atoms with Crippen LogP contribution in [0.25, 0.3) is 10.9 Å². The summed E-state index contributed by atoms with van der Waals surface area (Å²) in [4.78, 5) is 4.33. The van der Waals surface area contributed by atoms with Gasteiger partial charge in [0.1, 0.15) is 5.75 Å². The summed E-state index contributed by atoms with van der Waals surface area (Å²) in [6.07, 6.45) is 1.81. The van der Waals surface area contributed by atoms with Gasteiger partial charge in [0.25, 0.3) is 0 Å². The minimum absolute atomic E-state index is 0.504. The van der Waals surface area contributed by atoms with E-state index in [1.54, 1.807) is 6.20 Å². The van der Waals surface area contributed by atoms with Gasteiger partial charge in [0.05, 0.1) is 12.1 Å². The highest BCUT2D eigenvalue weighted by molar-refractivity contribution is 5.79. The van der Waals surface area contributed by atoms with Crippen LogP contribution in [0.1, 0.15) is 13.8 Å². The van der Waals surface area contributed by atoms with E-state index in [9.17, 15) is 0 Å². The lowest BCUT2D eigenvalue weighted by molar-refractivity contribution is 0.256. The molecule has 0 fully saturated rings. The highest BCUT2D eigenvalue weighted by atomic mass is 16.5. The van der Waals surface area contributed by atoms with Gasteiger partial charge in [-0.2, -0.15) is 0 Å².